The molecule has 0 amide bonds. The number of rotatable bonds is 7. The maximum atomic E-state index is 2.76. The third-order valence-electron chi connectivity index (χ3n) is 22.5. The summed E-state index contributed by atoms with van der Waals surface area (Å²) in [5.74, 6) is -0.0935. The van der Waals surface area contributed by atoms with Gasteiger partial charge in [-0.3, -0.25) is 0 Å². The van der Waals surface area contributed by atoms with Gasteiger partial charge < -0.3 is 14.7 Å². The third-order valence-corrected chi connectivity index (χ3v) is 22.5. The van der Waals surface area contributed by atoms with Crippen LogP contribution in [0.25, 0.3) is 44.5 Å². The minimum absolute atomic E-state index is 0.00245. The van der Waals surface area contributed by atoms with Crippen LogP contribution in [0, 0.1) is 0 Å². The van der Waals surface area contributed by atoms with Crippen LogP contribution in [0.2, 0.25) is 0 Å². The molecule has 0 radical (unpaired) electrons. The lowest BCUT2D eigenvalue weighted by Gasteiger charge is -2.49. The maximum absolute atomic E-state index is 2.76. The van der Waals surface area contributed by atoms with Crippen LogP contribution in [0.5, 0.6) is 0 Å². The van der Waals surface area contributed by atoms with Crippen LogP contribution in [0.3, 0.4) is 0 Å². The highest BCUT2D eigenvalue weighted by atomic mass is 15.3. The largest absolute Gasteiger partial charge is 0.305 e. The minimum Gasteiger partial charge on any atom is -0.305 e. The number of anilines is 9. The molecule has 3 heteroatoms. The number of hydrogen-bond donors (Lipinski definition) is 0. The van der Waals surface area contributed by atoms with Crippen LogP contribution >= 0.6 is 0 Å². The Kier molecular flexibility index (Phi) is 17.0. The fraction of sp³-hybridized carbons (Fsp3) is 0.340. The monoisotopic (exact) mass is 1350 g/mol. The highest BCUT2D eigenvalue weighted by Gasteiger charge is 2.45. The van der Waals surface area contributed by atoms with E-state index in [0.29, 0.717) is 0 Å². The van der Waals surface area contributed by atoms with Crippen LogP contribution in [-0.4, -0.2) is 0 Å². The molecule has 2 aliphatic heterocycles. The Morgan fingerprint density at radius 2 is 0.524 bits per heavy atom. The Bertz CT molecular complexity index is 4780. The number of nitrogens with zero attached hydrogens (tertiary/aromatic N) is 3. The molecule has 0 unspecified atom stereocenters. The van der Waals surface area contributed by atoms with Crippen molar-refractivity contribution in [3.63, 3.8) is 0 Å². The summed E-state index contributed by atoms with van der Waals surface area (Å²) in [4.78, 5) is 8.24. The summed E-state index contributed by atoms with van der Waals surface area (Å²) < 4.78 is 0. The molecule has 1 aliphatic carbocycles. The predicted octanol–water partition coefficient (Wildman–Crippen LogP) is 28.9. The first-order chi connectivity index (χ1) is 48.1. The highest BCUT2D eigenvalue weighted by Crippen LogP contribution is 2.68. The molecular weight excluding hydrogens is 1240 g/mol. The molecule has 0 atom stereocenters. The van der Waals surface area contributed by atoms with Crippen LogP contribution in [-0.2, 0) is 49.7 Å². The van der Waals surface area contributed by atoms with Gasteiger partial charge in [0.1, 0.15) is 0 Å². The average Bonchev–Trinajstić information content (AvgIpc) is 0.684. The van der Waals surface area contributed by atoms with Gasteiger partial charge in [-0.15, -0.1) is 0 Å². The maximum Gasteiger partial charge on any atom is 0.0948 e. The van der Waals surface area contributed by atoms with Gasteiger partial charge in [0.25, 0.3) is 0 Å². The van der Waals surface area contributed by atoms with E-state index in [0.717, 1.165) is 46.2 Å². The average molecular weight is 1360 g/mol. The molecule has 3 nitrogen and oxygen atoms in total. The van der Waals surface area contributed by atoms with E-state index >= 15 is 0 Å². The second kappa shape index (κ2) is 24.7. The fourth-order valence-electron chi connectivity index (χ4n) is 16.1. The van der Waals surface area contributed by atoms with Gasteiger partial charge in [0.15, 0.2) is 0 Å². The third kappa shape index (κ3) is 13.0. The first-order valence-electron chi connectivity index (χ1n) is 38.0. The molecule has 0 saturated carbocycles. The van der Waals surface area contributed by atoms with E-state index in [1.165, 1.54) is 128 Å². The van der Waals surface area contributed by atoms with Gasteiger partial charge in [0, 0.05) is 17.0 Å². The van der Waals surface area contributed by atoms with Crippen molar-refractivity contribution >= 4 is 51.2 Å². The highest BCUT2D eigenvalue weighted by molar-refractivity contribution is 6.16. The summed E-state index contributed by atoms with van der Waals surface area (Å²) in [5, 5.41) is 0. The van der Waals surface area contributed by atoms with Crippen molar-refractivity contribution in [1.82, 2.24) is 0 Å². The Balaban J connectivity index is 1.21. The van der Waals surface area contributed by atoms with Crippen LogP contribution in [0.1, 0.15) is 244 Å². The lowest BCUT2D eigenvalue weighted by molar-refractivity contribution is 0.569. The van der Waals surface area contributed by atoms with E-state index in [1.807, 2.05) is 0 Å². The van der Waals surface area contributed by atoms with Gasteiger partial charge in [-0.25, -0.2) is 0 Å². The Hall–Kier alpha value is -9.18. The summed E-state index contributed by atoms with van der Waals surface area (Å²) >= 11 is 0. The molecule has 0 N–H and O–H groups in total. The molecule has 0 spiro atoms. The van der Waals surface area contributed by atoms with Crippen molar-refractivity contribution in [3.8, 4) is 44.5 Å². The van der Waals surface area contributed by atoms with Crippen molar-refractivity contribution in [3.05, 3.63) is 291 Å². The van der Waals surface area contributed by atoms with Gasteiger partial charge in [-0.05, 0) is 204 Å². The quantitative estimate of drug-likeness (QED) is 0.157. The van der Waals surface area contributed by atoms with Crippen LogP contribution in [0.15, 0.2) is 218 Å². The van der Waals surface area contributed by atoms with Crippen molar-refractivity contribution < 1.29 is 0 Å². The Morgan fingerprint density at radius 3 is 0.835 bits per heavy atom. The van der Waals surface area contributed by atoms with Gasteiger partial charge in [0.2, 0.25) is 0 Å². The fourth-order valence-corrected chi connectivity index (χ4v) is 16.1. The summed E-state index contributed by atoms with van der Waals surface area (Å²) in [7, 11) is 0. The zero-order chi connectivity index (χ0) is 73.8. The van der Waals surface area contributed by atoms with Gasteiger partial charge >= 0.3 is 0 Å². The number of benzene rings is 11. The molecular formula is C100H111N3. The SMILES string of the molecule is CC(C)(C)c1ccc(-c2ccc3c(c2)N2c4cc(-c5ccc(C(C)(C)C)cc5)ccc4N(c4c(-c5ccc(C(C)(C)C)cc5)cc(C(C)(C)C)cc4C(C)(C)C)c4cc(C5c6ccccc6Cc6ccccc65)cc(c42)N3c2c(-c3ccc(C(C)(C)C)cc3)cc(C(C)(C)C)cc2C(C)(C)C)cc1. The minimum atomic E-state index is -0.328. The van der Waals surface area contributed by atoms with E-state index in [2.05, 4.69) is 399 Å². The number of hydrogen-bond acceptors (Lipinski definition) is 3. The lowest BCUT2D eigenvalue weighted by Crippen LogP contribution is -2.33. The Morgan fingerprint density at radius 1 is 0.233 bits per heavy atom. The first-order valence-corrected chi connectivity index (χ1v) is 38.0. The van der Waals surface area contributed by atoms with E-state index in [1.54, 1.807) is 0 Å². The lowest BCUT2D eigenvalue weighted by atomic mass is 9.74. The van der Waals surface area contributed by atoms with Crippen molar-refractivity contribution in [2.24, 2.45) is 0 Å². The zero-order valence-corrected chi connectivity index (χ0v) is 66.4. The summed E-state index contributed by atoms with van der Waals surface area (Å²) in [6.45, 7) is 56.8. The molecule has 11 aromatic carbocycles. The van der Waals surface area contributed by atoms with E-state index in [4.69, 9.17) is 0 Å². The summed E-state index contributed by atoms with van der Waals surface area (Å²) in [5.41, 5.74) is 36.0. The molecule has 0 aromatic heterocycles. The van der Waals surface area contributed by atoms with E-state index in [-0.39, 0.29) is 49.2 Å². The summed E-state index contributed by atoms with van der Waals surface area (Å²) in [6, 6.07) is 87.0. The smallest absolute Gasteiger partial charge is 0.0948 e. The second-order valence-electron chi connectivity index (χ2n) is 38.5. The van der Waals surface area contributed by atoms with Crippen LogP contribution in [0.4, 0.5) is 51.2 Å². The molecule has 3 aliphatic rings. The van der Waals surface area contributed by atoms with E-state index < -0.39 is 0 Å². The molecule has 0 saturated heterocycles. The van der Waals surface area contributed by atoms with Crippen molar-refractivity contribution in [2.45, 2.75) is 222 Å². The summed E-state index contributed by atoms with van der Waals surface area (Å²) in [6.07, 6.45) is 0.884. The predicted molar refractivity (Wildman–Crippen MR) is 446 cm³/mol. The van der Waals surface area contributed by atoms with Crippen molar-refractivity contribution in [1.29, 1.82) is 0 Å². The normalized spacial score (nSPS) is 14.3. The zero-order valence-electron chi connectivity index (χ0n) is 66.4. The second-order valence-corrected chi connectivity index (χ2v) is 38.5. The number of fused-ring (bicyclic) bond motifs is 6. The molecule has 2 heterocycles. The first kappa shape index (κ1) is 70.8. The molecule has 0 bridgehead atoms. The Labute approximate surface area is 619 Å². The molecule has 11 aromatic rings. The van der Waals surface area contributed by atoms with Crippen molar-refractivity contribution in [2.75, 3.05) is 14.7 Å². The van der Waals surface area contributed by atoms with Gasteiger partial charge in [-0.2, -0.15) is 0 Å². The van der Waals surface area contributed by atoms with Crippen LogP contribution < -0.4 is 14.7 Å². The molecule has 14 rings (SSSR count). The van der Waals surface area contributed by atoms with E-state index in [9.17, 15) is 0 Å². The molecule has 526 valence electrons. The standard InChI is InChI=1S/C100H111N3/c1-93(2,3)71-43-33-62(34-44-71)66-41-51-83-85(54-66)103-86-55-67(63-35-45-72(46-36-63)94(4,5)6)42-52-84(86)102(91-80(65-39-49-74(50-40-65)96(10,11)12)59-76(98(16,17)18)61-82(91)100(22,23)24)88-57-70(89-77-31-27-25-29-68(77)53-69-30-26-28-32-78(69)89)56-87(92(88)103)101(83)90-79(64-37-47-73(48-38-64)95(7,8)9)58-75(97(13,14)15)60-81(90)99(19,20)21/h25-52,54-61,89H,53H2,1-24H3. The molecule has 0 fully saturated rings. The van der Waals surface area contributed by atoms with Gasteiger partial charge in [0.05, 0.1) is 51.2 Å². The molecule has 103 heavy (non-hydrogen) atoms. The van der Waals surface area contributed by atoms with Gasteiger partial charge in [-0.1, -0.05) is 336 Å². The topological polar surface area (TPSA) is 9.72 Å².